The van der Waals surface area contributed by atoms with E-state index in [0.29, 0.717) is 12.1 Å². The van der Waals surface area contributed by atoms with Crippen molar-refractivity contribution in [2.75, 3.05) is 19.6 Å². The van der Waals surface area contributed by atoms with Crippen molar-refractivity contribution in [2.45, 2.75) is 51.6 Å². The molecular weight excluding hydrogens is 268 g/mol. The summed E-state index contributed by atoms with van der Waals surface area (Å²) in [7, 11) is 0. The van der Waals surface area contributed by atoms with Crippen LogP contribution in [0.3, 0.4) is 0 Å². The summed E-state index contributed by atoms with van der Waals surface area (Å²) < 4.78 is 0. The van der Waals surface area contributed by atoms with Crippen LogP contribution in [0.15, 0.2) is 24.3 Å². The highest BCUT2D eigenvalue weighted by atomic mass is 35.5. The minimum atomic E-state index is 0.372. The van der Waals surface area contributed by atoms with E-state index in [9.17, 15) is 0 Å². The lowest BCUT2D eigenvalue weighted by Crippen LogP contribution is -2.33. The average Bonchev–Trinajstić information content (AvgIpc) is 2.65. The second-order valence-electron chi connectivity index (χ2n) is 5.91. The Labute approximate surface area is 128 Å². The van der Waals surface area contributed by atoms with Crippen molar-refractivity contribution in [1.29, 1.82) is 0 Å². The molecule has 0 aromatic heterocycles. The lowest BCUT2D eigenvalue weighted by molar-refractivity contribution is 0.281. The molecule has 0 radical (unpaired) electrons. The first kappa shape index (κ1) is 15.8. The van der Waals surface area contributed by atoms with Crippen molar-refractivity contribution < 1.29 is 0 Å². The first-order valence-electron chi connectivity index (χ1n) is 7.93. The Morgan fingerprint density at radius 2 is 2.20 bits per heavy atom. The molecule has 2 unspecified atom stereocenters. The minimum Gasteiger partial charge on any atom is -0.307 e. The molecule has 0 spiro atoms. The standard InChI is InChI=1S/C17H27ClN2/c1-3-10-20-11-5-8-17(9-12-20)19-14(2)15-6-4-7-16(18)13-15/h4,6-7,13-14,17,19H,3,5,8-12H2,1-2H3. The van der Waals surface area contributed by atoms with Gasteiger partial charge in [0.05, 0.1) is 0 Å². The van der Waals surface area contributed by atoms with Crippen LogP contribution in [0.5, 0.6) is 0 Å². The smallest absolute Gasteiger partial charge is 0.0409 e. The number of benzene rings is 1. The van der Waals surface area contributed by atoms with E-state index in [1.165, 1.54) is 50.9 Å². The predicted octanol–water partition coefficient (Wildman–Crippen LogP) is 4.26. The van der Waals surface area contributed by atoms with Crippen LogP contribution in [0.2, 0.25) is 5.02 Å². The number of nitrogens with one attached hydrogen (secondary N) is 1. The molecule has 0 amide bonds. The van der Waals surface area contributed by atoms with Gasteiger partial charge in [0, 0.05) is 17.1 Å². The van der Waals surface area contributed by atoms with Crippen LogP contribution in [0.1, 0.15) is 51.1 Å². The Morgan fingerprint density at radius 3 is 2.95 bits per heavy atom. The Kier molecular flexibility index (Phi) is 6.34. The highest BCUT2D eigenvalue weighted by Gasteiger charge is 2.18. The van der Waals surface area contributed by atoms with Crippen LogP contribution in [-0.2, 0) is 0 Å². The van der Waals surface area contributed by atoms with Gasteiger partial charge < -0.3 is 10.2 Å². The molecule has 0 saturated carbocycles. The number of rotatable bonds is 5. The third-order valence-electron chi connectivity index (χ3n) is 4.19. The normalized spacial score (nSPS) is 22.4. The Hall–Kier alpha value is -0.570. The van der Waals surface area contributed by atoms with E-state index in [1.54, 1.807) is 0 Å². The van der Waals surface area contributed by atoms with Crippen LogP contribution in [0.4, 0.5) is 0 Å². The van der Waals surface area contributed by atoms with E-state index in [1.807, 2.05) is 12.1 Å². The monoisotopic (exact) mass is 294 g/mol. The molecule has 0 bridgehead atoms. The molecule has 1 N–H and O–H groups in total. The number of hydrogen-bond donors (Lipinski definition) is 1. The van der Waals surface area contributed by atoms with Gasteiger partial charge >= 0.3 is 0 Å². The summed E-state index contributed by atoms with van der Waals surface area (Å²) in [6.07, 6.45) is 5.10. The summed E-state index contributed by atoms with van der Waals surface area (Å²) in [6.45, 7) is 8.24. The maximum absolute atomic E-state index is 6.08. The van der Waals surface area contributed by atoms with Gasteiger partial charge in [0.2, 0.25) is 0 Å². The molecule has 1 aromatic rings. The van der Waals surface area contributed by atoms with Crippen molar-refractivity contribution in [3.05, 3.63) is 34.9 Å². The third-order valence-corrected chi connectivity index (χ3v) is 4.43. The van der Waals surface area contributed by atoms with Crippen molar-refractivity contribution in [2.24, 2.45) is 0 Å². The molecule has 1 fully saturated rings. The van der Waals surface area contributed by atoms with Crippen molar-refractivity contribution in [3.63, 3.8) is 0 Å². The largest absolute Gasteiger partial charge is 0.307 e. The van der Waals surface area contributed by atoms with Crippen molar-refractivity contribution in [1.82, 2.24) is 10.2 Å². The fourth-order valence-corrected chi connectivity index (χ4v) is 3.29. The molecule has 1 aliphatic rings. The number of likely N-dealkylation sites (tertiary alicyclic amines) is 1. The molecule has 2 rings (SSSR count). The first-order valence-corrected chi connectivity index (χ1v) is 8.30. The maximum atomic E-state index is 6.08. The molecule has 3 heteroatoms. The topological polar surface area (TPSA) is 15.3 Å². The fraction of sp³-hybridized carbons (Fsp3) is 0.647. The summed E-state index contributed by atoms with van der Waals surface area (Å²) in [4.78, 5) is 2.60. The molecule has 20 heavy (non-hydrogen) atoms. The van der Waals surface area contributed by atoms with Gasteiger partial charge in [-0.15, -0.1) is 0 Å². The van der Waals surface area contributed by atoms with Gasteiger partial charge in [-0.2, -0.15) is 0 Å². The molecular formula is C17H27ClN2. The average molecular weight is 295 g/mol. The fourth-order valence-electron chi connectivity index (χ4n) is 3.09. The molecule has 2 nitrogen and oxygen atoms in total. The van der Waals surface area contributed by atoms with Crippen LogP contribution in [0, 0.1) is 0 Å². The summed E-state index contributed by atoms with van der Waals surface area (Å²) in [5.74, 6) is 0. The predicted molar refractivity (Wildman–Crippen MR) is 87.4 cm³/mol. The minimum absolute atomic E-state index is 0.372. The van der Waals surface area contributed by atoms with E-state index in [4.69, 9.17) is 11.6 Å². The lowest BCUT2D eigenvalue weighted by Gasteiger charge is -2.23. The van der Waals surface area contributed by atoms with Crippen LogP contribution >= 0.6 is 11.6 Å². The zero-order chi connectivity index (χ0) is 14.4. The molecule has 1 aromatic carbocycles. The van der Waals surface area contributed by atoms with Crippen LogP contribution in [-0.4, -0.2) is 30.6 Å². The molecule has 2 atom stereocenters. The van der Waals surface area contributed by atoms with Crippen LogP contribution < -0.4 is 5.32 Å². The van der Waals surface area contributed by atoms with E-state index in [0.717, 1.165) is 5.02 Å². The van der Waals surface area contributed by atoms with E-state index < -0.39 is 0 Å². The Morgan fingerprint density at radius 1 is 1.35 bits per heavy atom. The van der Waals surface area contributed by atoms with Gasteiger partial charge in [-0.1, -0.05) is 30.7 Å². The second-order valence-corrected chi connectivity index (χ2v) is 6.35. The SMILES string of the molecule is CCCN1CCCC(NC(C)c2cccc(Cl)c2)CC1. The first-order chi connectivity index (χ1) is 9.69. The lowest BCUT2D eigenvalue weighted by atomic mass is 10.0. The summed E-state index contributed by atoms with van der Waals surface area (Å²) in [5, 5.41) is 4.60. The highest BCUT2D eigenvalue weighted by Crippen LogP contribution is 2.20. The molecule has 1 heterocycles. The van der Waals surface area contributed by atoms with E-state index in [-0.39, 0.29) is 0 Å². The number of hydrogen-bond acceptors (Lipinski definition) is 2. The molecule has 0 aliphatic carbocycles. The van der Waals surface area contributed by atoms with E-state index >= 15 is 0 Å². The number of halogens is 1. The quantitative estimate of drug-likeness (QED) is 0.873. The molecule has 1 aliphatic heterocycles. The highest BCUT2D eigenvalue weighted by molar-refractivity contribution is 6.30. The Balaban J connectivity index is 1.86. The second kappa shape index (κ2) is 8.02. The zero-order valence-corrected chi connectivity index (χ0v) is 13.5. The van der Waals surface area contributed by atoms with Gasteiger partial charge in [0.15, 0.2) is 0 Å². The Bertz CT molecular complexity index is 408. The summed E-state index contributed by atoms with van der Waals surface area (Å²) >= 11 is 6.08. The zero-order valence-electron chi connectivity index (χ0n) is 12.7. The third kappa shape index (κ3) is 4.76. The summed E-state index contributed by atoms with van der Waals surface area (Å²) in [6, 6.07) is 9.20. The van der Waals surface area contributed by atoms with Gasteiger partial charge in [0.25, 0.3) is 0 Å². The van der Waals surface area contributed by atoms with E-state index in [2.05, 4.69) is 36.2 Å². The van der Waals surface area contributed by atoms with Crippen molar-refractivity contribution in [3.8, 4) is 0 Å². The van der Waals surface area contributed by atoms with Crippen molar-refractivity contribution >= 4 is 11.6 Å². The van der Waals surface area contributed by atoms with Gasteiger partial charge in [-0.3, -0.25) is 0 Å². The maximum Gasteiger partial charge on any atom is 0.0409 e. The van der Waals surface area contributed by atoms with Gasteiger partial charge in [-0.05, 0) is 69.9 Å². The van der Waals surface area contributed by atoms with Crippen LogP contribution in [0.25, 0.3) is 0 Å². The molecule has 112 valence electrons. The summed E-state index contributed by atoms with van der Waals surface area (Å²) in [5.41, 5.74) is 1.28. The van der Waals surface area contributed by atoms with Gasteiger partial charge in [0.1, 0.15) is 0 Å². The molecule has 1 saturated heterocycles. The number of nitrogens with zero attached hydrogens (tertiary/aromatic N) is 1. The van der Waals surface area contributed by atoms with Gasteiger partial charge in [-0.25, -0.2) is 0 Å².